The molecule has 1 fully saturated rings. The van der Waals surface area contributed by atoms with E-state index in [4.69, 9.17) is 11.6 Å². The van der Waals surface area contributed by atoms with Gasteiger partial charge in [-0.3, -0.25) is 0 Å². The van der Waals surface area contributed by atoms with Crippen molar-refractivity contribution in [2.75, 3.05) is 5.32 Å². The number of carboxylic acid groups (broad SMARTS) is 1. The number of benzene rings is 3. The van der Waals surface area contributed by atoms with Gasteiger partial charge in [0.25, 0.3) is 0 Å². The first kappa shape index (κ1) is 20.7. The number of fused-ring (bicyclic) bond motifs is 2. The van der Waals surface area contributed by atoms with Gasteiger partial charge in [-0.15, -0.1) is 0 Å². The van der Waals surface area contributed by atoms with Gasteiger partial charge in [-0.2, -0.15) is 0 Å². The zero-order valence-corrected chi connectivity index (χ0v) is 18.3. The molecule has 0 saturated heterocycles. The number of aliphatic carboxylic acids is 1. The first-order valence-corrected chi connectivity index (χ1v) is 11.2. The van der Waals surface area contributed by atoms with Crippen LogP contribution in [-0.4, -0.2) is 21.7 Å². The van der Waals surface area contributed by atoms with Gasteiger partial charge in [0.1, 0.15) is 11.3 Å². The molecule has 0 unspecified atom stereocenters. The second-order valence-corrected chi connectivity index (χ2v) is 9.24. The van der Waals surface area contributed by atoms with E-state index in [2.05, 4.69) is 23.5 Å². The number of rotatable bonds is 4. The Morgan fingerprint density at radius 2 is 1.66 bits per heavy atom. The lowest BCUT2D eigenvalue weighted by Crippen LogP contribution is -2.52. The predicted molar refractivity (Wildman–Crippen MR) is 128 cm³/mol. The van der Waals surface area contributed by atoms with Crippen LogP contribution in [-0.2, 0) is 10.2 Å². The van der Waals surface area contributed by atoms with Crippen LogP contribution in [0.25, 0.3) is 11.6 Å². The number of hydrogen-bond donors (Lipinski definition) is 3. The molecule has 4 nitrogen and oxygen atoms in total. The molecular formula is C27H24ClNO3. The molecule has 0 heterocycles. The van der Waals surface area contributed by atoms with E-state index in [1.807, 2.05) is 36.4 Å². The monoisotopic (exact) mass is 445 g/mol. The molecule has 1 spiro atoms. The van der Waals surface area contributed by atoms with Crippen molar-refractivity contribution >= 4 is 34.9 Å². The Balaban J connectivity index is 1.52. The fourth-order valence-electron chi connectivity index (χ4n) is 5.41. The molecule has 1 saturated carbocycles. The third-order valence-electron chi connectivity index (χ3n) is 7.02. The summed E-state index contributed by atoms with van der Waals surface area (Å²) >= 11 is 6.13. The largest absolute Gasteiger partial charge is 0.508 e. The molecule has 3 aromatic rings. The second-order valence-electron chi connectivity index (χ2n) is 8.80. The van der Waals surface area contributed by atoms with Gasteiger partial charge in [-0.05, 0) is 84.4 Å². The number of hydrogen-bond acceptors (Lipinski definition) is 3. The van der Waals surface area contributed by atoms with Crippen molar-refractivity contribution in [1.82, 2.24) is 0 Å². The van der Waals surface area contributed by atoms with E-state index in [0.29, 0.717) is 36.4 Å². The number of allylic oxidation sites excluding steroid dienone is 1. The first-order valence-electron chi connectivity index (χ1n) is 10.8. The van der Waals surface area contributed by atoms with Crippen molar-refractivity contribution in [3.05, 3.63) is 94.5 Å². The Bertz CT molecular complexity index is 1220. The van der Waals surface area contributed by atoms with Crippen LogP contribution in [0.2, 0.25) is 5.02 Å². The lowest BCUT2D eigenvalue weighted by Gasteiger charge is -2.45. The number of phenols is 1. The van der Waals surface area contributed by atoms with Gasteiger partial charge in [0.2, 0.25) is 0 Å². The number of carboxylic acids is 1. The summed E-state index contributed by atoms with van der Waals surface area (Å²) < 4.78 is 0. The SMILES string of the molecule is O=C(O)C1(Nc2cccc(Cl)c2)CCC2(CC1)C(c1cccc(O)c1)=Cc1ccccc12. The van der Waals surface area contributed by atoms with Crippen molar-refractivity contribution in [3.8, 4) is 5.75 Å². The van der Waals surface area contributed by atoms with Crippen LogP contribution in [0, 0.1) is 0 Å². The van der Waals surface area contributed by atoms with Crippen molar-refractivity contribution < 1.29 is 15.0 Å². The summed E-state index contributed by atoms with van der Waals surface area (Å²) in [5.74, 6) is -0.616. The van der Waals surface area contributed by atoms with Gasteiger partial charge in [-0.1, -0.05) is 54.1 Å². The van der Waals surface area contributed by atoms with Crippen molar-refractivity contribution in [2.24, 2.45) is 0 Å². The highest BCUT2D eigenvalue weighted by Gasteiger charge is 2.51. The van der Waals surface area contributed by atoms with Crippen LogP contribution in [0.5, 0.6) is 5.75 Å². The standard InChI is InChI=1S/C27H24ClNO3/c28-20-7-4-8-21(17-20)29-27(25(31)32)13-11-26(12-14-27)23-10-2-1-5-19(23)16-24(26)18-6-3-9-22(30)15-18/h1-10,15-17,29-30H,11-14H2,(H,31,32). The maximum Gasteiger partial charge on any atom is 0.329 e. The zero-order chi connectivity index (χ0) is 22.3. The highest BCUT2D eigenvalue weighted by molar-refractivity contribution is 6.30. The summed E-state index contributed by atoms with van der Waals surface area (Å²) in [5.41, 5.74) is 3.91. The molecular weight excluding hydrogens is 422 g/mol. The highest BCUT2D eigenvalue weighted by atomic mass is 35.5. The smallest absolute Gasteiger partial charge is 0.329 e. The molecule has 2 aliphatic carbocycles. The molecule has 0 amide bonds. The van der Waals surface area contributed by atoms with Crippen LogP contribution in [0.4, 0.5) is 5.69 Å². The average Bonchev–Trinajstić information content (AvgIpc) is 3.10. The summed E-state index contributed by atoms with van der Waals surface area (Å²) in [6.07, 6.45) is 4.51. The molecule has 3 aromatic carbocycles. The summed E-state index contributed by atoms with van der Waals surface area (Å²) in [7, 11) is 0. The maximum absolute atomic E-state index is 12.5. The van der Waals surface area contributed by atoms with E-state index in [-0.39, 0.29) is 11.2 Å². The minimum Gasteiger partial charge on any atom is -0.508 e. The number of nitrogens with one attached hydrogen (secondary N) is 1. The zero-order valence-electron chi connectivity index (χ0n) is 17.5. The lowest BCUT2D eigenvalue weighted by molar-refractivity contribution is -0.143. The molecule has 0 aliphatic heterocycles. The third kappa shape index (κ3) is 3.35. The molecule has 162 valence electrons. The van der Waals surface area contributed by atoms with Gasteiger partial charge >= 0.3 is 5.97 Å². The van der Waals surface area contributed by atoms with E-state index < -0.39 is 11.5 Å². The van der Waals surface area contributed by atoms with Crippen LogP contribution in [0.3, 0.4) is 0 Å². The van der Waals surface area contributed by atoms with E-state index in [0.717, 1.165) is 16.7 Å². The molecule has 3 N–H and O–H groups in total. The Hall–Kier alpha value is -3.24. The number of carbonyl (C=O) groups is 1. The predicted octanol–water partition coefficient (Wildman–Crippen LogP) is 6.35. The van der Waals surface area contributed by atoms with Crippen molar-refractivity contribution in [1.29, 1.82) is 0 Å². The molecule has 5 rings (SSSR count). The Labute approximate surface area is 192 Å². The summed E-state index contributed by atoms with van der Waals surface area (Å²) in [5, 5.41) is 24.2. The summed E-state index contributed by atoms with van der Waals surface area (Å²) in [6, 6.07) is 22.9. The maximum atomic E-state index is 12.5. The van der Waals surface area contributed by atoms with E-state index in [1.54, 1.807) is 24.3 Å². The number of phenolic OH excluding ortho intramolecular Hbond substituents is 1. The Morgan fingerprint density at radius 3 is 2.38 bits per heavy atom. The number of halogens is 1. The quantitative estimate of drug-likeness (QED) is 0.437. The normalized spacial score (nSPS) is 24.1. The molecule has 0 radical (unpaired) electrons. The third-order valence-corrected chi connectivity index (χ3v) is 7.26. The van der Waals surface area contributed by atoms with Crippen LogP contribution in [0.1, 0.15) is 42.4 Å². The summed E-state index contributed by atoms with van der Waals surface area (Å²) in [4.78, 5) is 12.5. The van der Waals surface area contributed by atoms with Gasteiger partial charge in [0.15, 0.2) is 0 Å². The van der Waals surface area contributed by atoms with Crippen LogP contribution in [0.15, 0.2) is 72.8 Å². The molecule has 5 heteroatoms. The highest BCUT2D eigenvalue weighted by Crippen LogP contribution is 2.56. The van der Waals surface area contributed by atoms with E-state index in [1.165, 1.54) is 5.56 Å². The lowest BCUT2D eigenvalue weighted by atomic mass is 9.61. The Morgan fingerprint density at radius 1 is 0.906 bits per heavy atom. The van der Waals surface area contributed by atoms with Gasteiger partial charge < -0.3 is 15.5 Å². The van der Waals surface area contributed by atoms with Crippen molar-refractivity contribution in [3.63, 3.8) is 0 Å². The number of aromatic hydroxyl groups is 1. The van der Waals surface area contributed by atoms with Gasteiger partial charge in [0, 0.05) is 16.1 Å². The first-order chi connectivity index (χ1) is 15.4. The fourth-order valence-corrected chi connectivity index (χ4v) is 5.60. The minimum absolute atomic E-state index is 0.229. The van der Waals surface area contributed by atoms with Gasteiger partial charge in [-0.25, -0.2) is 4.79 Å². The minimum atomic E-state index is -1.06. The molecule has 32 heavy (non-hydrogen) atoms. The van der Waals surface area contributed by atoms with Gasteiger partial charge in [0.05, 0.1) is 0 Å². The molecule has 0 atom stereocenters. The molecule has 0 bridgehead atoms. The number of anilines is 1. The van der Waals surface area contributed by atoms with Crippen LogP contribution < -0.4 is 5.32 Å². The second kappa shape index (κ2) is 7.72. The van der Waals surface area contributed by atoms with Crippen LogP contribution >= 0.6 is 11.6 Å². The Kier molecular flexibility index (Phi) is 4.98. The molecule has 0 aromatic heterocycles. The van der Waals surface area contributed by atoms with Crippen molar-refractivity contribution in [2.45, 2.75) is 36.6 Å². The fraction of sp³-hybridized carbons (Fsp3) is 0.222. The van der Waals surface area contributed by atoms with E-state index >= 15 is 0 Å². The average molecular weight is 446 g/mol. The van der Waals surface area contributed by atoms with E-state index in [9.17, 15) is 15.0 Å². The topological polar surface area (TPSA) is 69.6 Å². The molecule has 2 aliphatic rings. The summed E-state index contributed by atoms with van der Waals surface area (Å²) in [6.45, 7) is 0.